The van der Waals surface area contributed by atoms with Crippen molar-refractivity contribution in [1.82, 2.24) is 0 Å². The predicted octanol–water partition coefficient (Wildman–Crippen LogP) is 3.98. The van der Waals surface area contributed by atoms with Gasteiger partial charge in [-0.2, -0.15) is 0 Å². The van der Waals surface area contributed by atoms with E-state index in [1.165, 1.54) is 12.1 Å². The first kappa shape index (κ1) is 34.4. The molecule has 274 valence electrons. The molecule has 2 aliphatic heterocycles. The van der Waals surface area contributed by atoms with Gasteiger partial charge in [-0.05, 0) is 42.0 Å². The van der Waals surface area contributed by atoms with Crippen LogP contribution in [-0.4, -0.2) is 79.5 Å². The molecule has 0 unspecified atom stereocenters. The highest BCUT2D eigenvalue weighted by molar-refractivity contribution is 5.91. The van der Waals surface area contributed by atoms with Crippen molar-refractivity contribution in [3.05, 3.63) is 100 Å². The molecule has 5 aromatic carbocycles. The predicted molar refractivity (Wildman–Crippen MR) is 178 cm³/mol. The Kier molecular flexibility index (Phi) is 8.18. The van der Waals surface area contributed by atoms with Gasteiger partial charge in [-0.25, -0.2) is 4.79 Å². The number of carbonyl (C=O) groups is 1. The maximum atomic E-state index is 13.8. The van der Waals surface area contributed by atoms with E-state index in [9.17, 15) is 66.1 Å². The van der Waals surface area contributed by atoms with Crippen LogP contribution in [0.1, 0.15) is 56.3 Å². The average molecular weight is 731 g/mol. The Labute approximate surface area is 297 Å². The van der Waals surface area contributed by atoms with Crippen LogP contribution in [0.25, 0.3) is 0 Å². The number of rotatable bonds is 5. The van der Waals surface area contributed by atoms with Gasteiger partial charge in [-0.1, -0.05) is 12.1 Å². The number of fused-ring (bicyclic) bond motifs is 2. The van der Waals surface area contributed by atoms with Crippen molar-refractivity contribution >= 4 is 5.97 Å². The zero-order valence-electron chi connectivity index (χ0n) is 26.9. The number of aromatic hydroxyl groups is 11. The van der Waals surface area contributed by atoms with Gasteiger partial charge in [0, 0.05) is 46.9 Å². The smallest absolute Gasteiger partial charge is 0.338 e. The van der Waals surface area contributed by atoms with Crippen molar-refractivity contribution in [2.24, 2.45) is 0 Å². The second kappa shape index (κ2) is 12.6. The normalized spacial score (nSPS) is 20.4. The fourth-order valence-electron chi connectivity index (χ4n) is 6.73. The minimum atomic E-state index is -1.72. The van der Waals surface area contributed by atoms with E-state index in [2.05, 4.69) is 0 Å². The summed E-state index contributed by atoms with van der Waals surface area (Å²) in [4.78, 5) is 13.8. The Balaban J connectivity index is 1.48. The highest BCUT2D eigenvalue weighted by Gasteiger charge is 2.49. The van der Waals surface area contributed by atoms with E-state index >= 15 is 0 Å². The second-order valence-corrected chi connectivity index (χ2v) is 12.6. The van der Waals surface area contributed by atoms with Crippen LogP contribution in [-0.2, 0) is 11.2 Å². The lowest BCUT2D eigenvalue weighted by Crippen LogP contribution is -2.39. The third kappa shape index (κ3) is 5.85. The number of benzene rings is 5. The van der Waals surface area contributed by atoms with Crippen molar-refractivity contribution in [2.75, 3.05) is 0 Å². The Bertz CT molecular complexity index is 2280. The molecular formula is C37H30O16. The van der Waals surface area contributed by atoms with E-state index in [0.717, 1.165) is 54.6 Å². The number of aliphatic hydroxyl groups excluding tert-OH is 1. The first-order valence-corrected chi connectivity index (χ1v) is 15.8. The van der Waals surface area contributed by atoms with Gasteiger partial charge < -0.3 is 75.5 Å². The summed E-state index contributed by atoms with van der Waals surface area (Å²) in [6, 6.07) is 11.7. The zero-order valence-corrected chi connectivity index (χ0v) is 26.9. The summed E-state index contributed by atoms with van der Waals surface area (Å²) in [7, 11) is 0. The lowest BCUT2D eigenvalue weighted by atomic mass is 9.77. The van der Waals surface area contributed by atoms with Crippen molar-refractivity contribution in [2.45, 2.75) is 36.8 Å². The van der Waals surface area contributed by atoms with E-state index in [1.54, 1.807) is 0 Å². The molecule has 53 heavy (non-hydrogen) atoms. The van der Waals surface area contributed by atoms with Crippen LogP contribution in [0.15, 0.2) is 66.7 Å². The zero-order chi connectivity index (χ0) is 38.0. The summed E-state index contributed by atoms with van der Waals surface area (Å²) in [5.41, 5.74) is -0.728. The molecule has 12 N–H and O–H groups in total. The number of hydrogen-bond donors (Lipinski definition) is 12. The number of carbonyl (C=O) groups excluding carboxylic acids is 1. The van der Waals surface area contributed by atoms with E-state index in [4.69, 9.17) is 14.2 Å². The SMILES string of the molecule is O=C(O[C@H]1[C@H](c2c(O)cc(O)c3c2O[C@@H](c2ccc(O)c(O)c2)[C@@H](O)C3)c2c(O)cc(O)cc2O[C@@H]1c1ccc(O)c(O)c1)c1cc(O)c(O)c(O)c1. The first-order valence-electron chi connectivity index (χ1n) is 15.8. The topological polar surface area (TPSA) is 288 Å². The standard InChI is InChI=1S/C37H30O16/c38-16-9-23(44)29-28(10-16)51-34(14-2-4-19(40)22(43)6-14)36(53-37(50)15-7-25(46)32(49)26(47)8-15)31(29)30-24(45)12-20(41)17-11-27(48)33(52-35(17)30)13-1-3-18(39)21(42)5-13/h1-10,12,27,31,33-34,36,38-49H,11H2/t27-,31-,33-,34+,36-/m0/s1. The number of esters is 1. The Hall–Kier alpha value is -7.07. The molecule has 0 aromatic heterocycles. The van der Waals surface area contributed by atoms with Crippen molar-refractivity contribution in [3.63, 3.8) is 0 Å². The molecule has 0 radical (unpaired) electrons. The summed E-state index contributed by atoms with van der Waals surface area (Å²) in [5.74, 6) is -10.4. The molecule has 0 aliphatic carbocycles. The van der Waals surface area contributed by atoms with Crippen LogP contribution in [0.2, 0.25) is 0 Å². The Morgan fingerprint density at radius 2 is 1.17 bits per heavy atom. The van der Waals surface area contributed by atoms with E-state index in [-0.39, 0.29) is 45.7 Å². The largest absolute Gasteiger partial charge is 0.508 e. The first-order chi connectivity index (χ1) is 25.1. The number of phenolic OH excluding ortho intramolecular Hbond substituents is 11. The maximum absolute atomic E-state index is 13.8. The molecule has 16 heteroatoms. The van der Waals surface area contributed by atoms with Crippen molar-refractivity contribution in [1.29, 1.82) is 0 Å². The minimum Gasteiger partial charge on any atom is -0.508 e. The highest BCUT2D eigenvalue weighted by Crippen LogP contribution is 2.58. The molecule has 2 heterocycles. The Morgan fingerprint density at radius 1 is 0.585 bits per heavy atom. The number of phenols is 11. The quantitative estimate of drug-likeness (QED) is 0.0899. The van der Waals surface area contributed by atoms with Crippen LogP contribution in [0.4, 0.5) is 0 Å². The van der Waals surface area contributed by atoms with Gasteiger partial charge in [-0.15, -0.1) is 0 Å². The van der Waals surface area contributed by atoms with Gasteiger partial charge in [0.1, 0.15) is 40.6 Å². The lowest BCUT2D eigenvalue weighted by Gasteiger charge is -2.41. The van der Waals surface area contributed by atoms with Gasteiger partial charge in [0.2, 0.25) is 0 Å². The van der Waals surface area contributed by atoms with Crippen molar-refractivity contribution < 1.29 is 80.3 Å². The van der Waals surface area contributed by atoms with Crippen LogP contribution in [0.3, 0.4) is 0 Å². The van der Waals surface area contributed by atoms with Crippen molar-refractivity contribution in [3.8, 4) is 74.7 Å². The maximum Gasteiger partial charge on any atom is 0.338 e. The lowest BCUT2D eigenvalue weighted by molar-refractivity contribution is -0.0285. The molecular weight excluding hydrogens is 700 g/mol. The van der Waals surface area contributed by atoms with Gasteiger partial charge in [0.15, 0.2) is 52.5 Å². The molecule has 5 atom stereocenters. The third-order valence-electron chi connectivity index (χ3n) is 9.20. The number of aliphatic hydroxyl groups is 1. The molecule has 7 rings (SSSR count). The van der Waals surface area contributed by atoms with Crippen LogP contribution in [0, 0.1) is 0 Å². The molecule has 5 aromatic rings. The summed E-state index contributed by atoms with van der Waals surface area (Å²) in [6.07, 6.45) is -6.19. The van der Waals surface area contributed by atoms with Gasteiger partial charge in [-0.3, -0.25) is 0 Å². The monoisotopic (exact) mass is 730 g/mol. The summed E-state index contributed by atoms with van der Waals surface area (Å²) >= 11 is 0. The highest BCUT2D eigenvalue weighted by atomic mass is 16.6. The van der Waals surface area contributed by atoms with Gasteiger partial charge in [0.05, 0.1) is 17.6 Å². The summed E-state index contributed by atoms with van der Waals surface area (Å²) < 4.78 is 18.4. The van der Waals surface area contributed by atoms with Crippen LogP contribution in [0.5, 0.6) is 74.7 Å². The van der Waals surface area contributed by atoms with E-state index in [0.29, 0.717) is 0 Å². The van der Waals surface area contributed by atoms with Crippen LogP contribution < -0.4 is 9.47 Å². The number of ether oxygens (including phenoxy) is 3. The molecule has 0 saturated heterocycles. The average Bonchev–Trinajstić information content (AvgIpc) is 3.09. The third-order valence-corrected chi connectivity index (χ3v) is 9.20. The molecule has 16 nitrogen and oxygen atoms in total. The van der Waals surface area contributed by atoms with Gasteiger partial charge >= 0.3 is 5.97 Å². The fourth-order valence-corrected chi connectivity index (χ4v) is 6.73. The van der Waals surface area contributed by atoms with Gasteiger partial charge in [0.25, 0.3) is 0 Å². The second-order valence-electron chi connectivity index (χ2n) is 12.6. The fraction of sp³-hybridized carbons (Fsp3) is 0.162. The minimum absolute atomic E-state index is 0.0341. The number of hydrogen-bond acceptors (Lipinski definition) is 16. The van der Waals surface area contributed by atoms with E-state index in [1.807, 2.05) is 0 Å². The summed E-state index contributed by atoms with van der Waals surface area (Å²) in [6.45, 7) is 0. The molecule has 0 bridgehead atoms. The van der Waals surface area contributed by atoms with E-state index < -0.39 is 105 Å². The molecule has 2 aliphatic rings. The molecule has 0 spiro atoms. The molecule has 0 fully saturated rings. The van der Waals surface area contributed by atoms with Crippen LogP contribution >= 0.6 is 0 Å². The molecule has 0 amide bonds. The molecule has 0 saturated carbocycles. The summed E-state index contributed by atoms with van der Waals surface area (Å²) in [5, 5.41) is 126. The Morgan fingerprint density at radius 3 is 1.77 bits per heavy atom.